The van der Waals surface area contributed by atoms with Crippen LogP contribution < -0.4 is 0 Å². The summed E-state index contributed by atoms with van der Waals surface area (Å²) in [5, 5.41) is 1.15. The molecule has 0 N–H and O–H groups in total. The first-order chi connectivity index (χ1) is 8.90. The lowest BCUT2D eigenvalue weighted by Crippen LogP contribution is -2.04. The van der Waals surface area contributed by atoms with Crippen LogP contribution in [-0.2, 0) is 0 Å². The molecule has 19 heavy (non-hydrogen) atoms. The summed E-state index contributed by atoms with van der Waals surface area (Å²) >= 11 is 17.2. The van der Waals surface area contributed by atoms with Crippen LogP contribution in [0.25, 0.3) is 10.4 Å². The summed E-state index contributed by atoms with van der Waals surface area (Å²) in [6.07, 6.45) is 0. The Balaban J connectivity index is 2.47. The minimum absolute atomic E-state index is 0.0117. The fourth-order valence-corrected chi connectivity index (χ4v) is 4.36. The van der Waals surface area contributed by atoms with Gasteiger partial charge in [0.1, 0.15) is 0 Å². The smallest absolute Gasteiger partial charge is 0.175 e. The molecule has 0 radical (unpaired) electrons. The van der Waals surface area contributed by atoms with Gasteiger partial charge in [-0.2, -0.15) is 0 Å². The van der Waals surface area contributed by atoms with Gasteiger partial charge in [-0.05, 0) is 24.3 Å². The average Bonchev–Trinajstić information content (AvgIpc) is 2.75. The first kappa shape index (κ1) is 15.0. The Kier molecular flexibility index (Phi) is 4.72. The minimum atomic E-state index is -0.0117. The van der Waals surface area contributed by atoms with Crippen molar-refractivity contribution in [2.24, 2.45) is 5.92 Å². The molecule has 2 rings (SSSR count). The SMILES string of the molecule is CC(C)C(=O)c1ccc(-c2c(Cl)cc(Br)cc2Cl)s1. The van der Waals surface area contributed by atoms with Gasteiger partial charge < -0.3 is 0 Å². The molecule has 0 atom stereocenters. The zero-order chi connectivity index (χ0) is 14.2. The topological polar surface area (TPSA) is 17.1 Å². The number of hydrogen-bond acceptors (Lipinski definition) is 2. The van der Waals surface area contributed by atoms with Crippen molar-refractivity contribution in [1.29, 1.82) is 0 Å². The minimum Gasteiger partial charge on any atom is -0.293 e. The number of ketones is 1. The molecule has 0 unspecified atom stereocenters. The van der Waals surface area contributed by atoms with Crippen LogP contribution in [0.1, 0.15) is 23.5 Å². The second kappa shape index (κ2) is 5.96. The van der Waals surface area contributed by atoms with Crippen LogP contribution in [0, 0.1) is 5.92 Å². The maximum Gasteiger partial charge on any atom is 0.175 e. The normalized spacial score (nSPS) is 11.1. The van der Waals surface area contributed by atoms with Crippen LogP contribution >= 0.6 is 50.5 Å². The van der Waals surface area contributed by atoms with E-state index in [0.717, 1.165) is 19.8 Å². The largest absolute Gasteiger partial charge is 0.293 e. The van der Waals surface area contributed by atoms with Gasteiger partial charge in [0.2, 0.25) is 0 Å². The van der Waals surface area contributed by atoms with Crippen molar-refractivity contribution in [2.45, 2.75) is 13.8 Å². The molecule has 0 aliphatic carbocycles. The van der Waals surface area contributed by atoms with E-state index in [1.165, 1.54) is 11.3 Å². The van der Waals surface area contributed by atoms with E-state index in [1.807, 2.05) is 26.0 Å². The molecule has 0 bridgehead atoms. The molecule has 0 amide bonds. The zero-order valence-electron chi connectivity index (χ0n) is 10.3. The Morgan fingerprint density at radius 1 is 1.21 bits per heavy atom. The number of halogens is 3. The molecule has 1 nitrogen and oxygen atoms in total. The van der Waals surface area contributed by atoms with E-state index in [9.17, 15) is 4.79 Å². The van der Waals surface area contributed by atoms with Crippen molar-refractivity contribution in [3.63, 3.8) is 0 Å². The quantitative estimate of drug-likeness (QED) is 0.571. The van der Waals surface area contributed by atoms with E-state index in [1.54, 1.807) is 12.1 Å². The van der Waals surface area contributed by atoms with Gasteiger partial charge in [0, 0.05) is 20.8 Å². The van der Waals surface area contributed by atoms with Gasteiger partial charge in [-0.1, -0.05) is 53.0 Å². The van der Waals surface area contributed by atoms with Gasteiger partial charge in [0.25, 0.3) is 0 Å². The molecule has 2 aromatic rings. The molecular formula is C14H11BrCl2OS. The summed E-state index contributed by atoms with van der Waals surface area (Å²) in [7, 11) is 0. The van der Waals surface area contributed by atoms with Crippen molar-refractivity contribution in [3.05, 3.63) is 43.7 Å². The van der Waals surface area contributed by atoms with Gasteiger partial charge in [0.05, 0.1) is 14.9 Å². The first-order valence-corrected chi connectivity index (χ1v) is 8.05. The summed E-state index contributed by atoms with van der Waals surface area (Å²) in [6.45, 7) is 3.78. The highest BCUT2D eigenvalue weighted by Crippen LogP contribution is 2.40. The Bertz CT molecular complexity index is 611. The summed E-state index contributed by atoms with van der Waals surface area (Å²) in [6, 6.07) is 7.32. The predicted molar refractivity (Wildman–Crippen MR) is 86.6 cm³/mol. The van der Waals surface area contributed by atoms with Gasteiger partial charge in [-0.25, -0.2) is 0 Å². The lowest BCUT2D eigenvalue weighted by Gasteiger charge is -2.05. The summed E-state index contributed by atoms with van der Waals surface area (Å²) in [5.41, 5.74) is 0.777. The number of rotatable bonds is 3. The molecule has 0 fully saturated rings. The van der Waals surface area contributed by atoms with Crippen molar-refractivity contribution in [2.75, 3.05) is 0 Å². The van der Waals surface area contributed by atoms with E-state index < -0.39 is 0 Å². The first-order valence-electron chi connectivity index (χ1n) is 5.69. The van der Waals surface area contributed by atoms with Crippen LogP contribution in [0.15, 0.2) is 28.7 Å². The third kappa shape index (κ3) is 3.22. The van der Waals surface area contributed by atoms with Gasteiger partial charge in [0.15, 0.2) is 5.78 Å². The number of Topliss-reactive ketones (excluding diaryl/α,β-unsaturated/α-hetero) is 1. The van der Waals surface area contributed by atoms with Crippen LogP contribution in [0.2, 0.25) is 10.0 Å². The Hall–Kier alpha value is -0.350. The van der Waals surface area contributed by atoms with Crippen LogP contribution in [0.4, 0.5) is 0 Å². The van der Waals surface area contributed by atoms with Crippen molar-refractivity contribution in [3.8, 4) is 10.4 Å². The summed E-state index contributed by atoms with van der Waals surface area (Å²) < 4.78 is 0.835. The Morgan fingerprint density at radius 2 is 1.79 bits per heavy atom. The highest BCUT2D eigenvalue weighted by atomic mass is 79.9. The lowest BCUT2D eigenvalue weighted by molar-refractivity contribution is 0.0943. The number of carbonyl (C=O) groups is 1. The van der Waals surface area contributed by atoms with E-state index in [4.69, 9.17) is 23.2 Å². The Morgan fingerprint density at radius 3 is 2.32 bits per heavy atom. The summed E-state index contributed by atoms with van der Waals surface area (Å²) in [4.78, 5) is 13.6. The standard InChI is InChI=1S/C14H11BrCl2OS/c1-7(2)14(18)12-4-3-11(19-12)13-9(16)5-8(15)6-10(13)17/h3-7H,1-2H3. The number of thiophene rings is 1. The van der Waals surface area contributed by atoms with Crippen molar-refractivity contribution < 1.29 is 4.79 Å². The molecule has 0 spiro atoms. The van der Waals surface area contributed by atoms with E-state index >= 15 is 0 Å². The van der Waals surface area contributed by atoms with Crippen LogP contribution in [-0.4, -0.2) is 5.78 Å². The molecule has 0 aliphatic heterocycles. The molecule has 0 saturated heterocycles. The number of benzene rings is 1. The third-order valence-electron chi connectivity index (χ3n) is 2.63. The molecular weight excluding hydrogens is 367 g/mol. The molecule has 5 heteroatoms. The molecule has 1 aromatic heterocycles. The fourth-order valence-electron chi connectivity index (χ4n) is 1.67. The highest BCUT2D eigenvalue weighted by Gasteiger charge is 2.16. The molecule has 1 heterocycles. The molecule has 0 aliphatic rings. The van der Waals surface area contributed by atoms with Crippen molar-refractivity contribution >= 4 is 56.3 Å². The van der Waals surface area contributed by atoms with E-state index in [-0.39, 0.29) is 11.7 Å². The maximum atomic E-state index is 12.0. The monoisotopic (exact) mass is 376 g/mol. The lowest BCUT2D eigenvalue weighted by atomic mass is 10.1. The second-order valence-corrected chi connectivity index (χ2v) is 7.24. The average molecular weight is 378 g/mol. The highest BCUT2D eigenvalue weighted by molar-refractivity contribution is 9.10. The zero-order valence-corrected chi connectivity index (χ0v) is 14.3. The summed E-state index contributed by atoms with van der Waals surface area (Å²) in [5.74, 6) is 0.128. The van der Waals surface area contributed by atoms with Gasteiger partial charge in [-0.15, -0.1) is 11.3 Å². The second-order valence-electron chi connectivity index (χ2n) is 4.43. The number of hydrogen-bond donors (Lipinski definition) is 0. The van der Waals surface area contributed by atoms with Gasteiger partial charge >= 0.3 is 0 Å². The fraction of sp³-hybridized carbons (Fsp3) is 0.214. The van der Waals surface area contributed by atoms with E-state index in [2.05, 4.69) is 15.9 Å². The molecule has 0 saturated carbocycles. The Labute approximate surface area is 134 Å². The third-order valence-corrected chi connectivity index (χ3v) is 4.80. The number of carbonyl (C=O) groups excluding carboxylic acids is 1. The van der Waals surface area contributed by atoms with Crippen molar-refractivity contribution in [1.82, 2.24) is 0 Å². The maximum absolute atomic E-state index is 12.0. The molecule has 1 aromatic carbocycles. The van der Waals surface area contributed by atoms with Crippen LogP contribution in [0.3, 0.4) is 0 Å². The predicted octanol–water partition coefficient (Wildman–Crippen LogP) is 6.32. The van der Waals surface area contributed by atoms with Crippen LogP contribution in [0.5, 0.6) is 0 Å². The van der Waals surface area contributed by atoms with E-state index in [0.29, 0.717) is 10.0 Å². The van der Waals surface area contributed by atoms with Gasteiger partial charge in [-0.3, -0.25) is 4.79 Å². The molecule has 100 valence electrons.